The first-order chi connectivity index (χ1) is 10.1. The smallest absolute Gasteiger partial charge is 0.259 e. The van der Waals surface area contributed by atoms with Crippen molar-refractivity contribution in [3.8, 4) is 5.75 Å². The molecule has 0 atom stereocenters. The van der Waals surface area contributed by atoms with Crippen molar-refractivity contribution in [2.75, 3.05) is 17.7 Å². The molecule has 2 rings (SSSR count). The molecule has 0 bridgehead atoms. The number of aryl methyl sites for hydroxylation is 1. The summed E-state index contributed by atoms with van der Waals surface area (Å²) in [6.45, 7) is 4.57. The monoisotopic (exact) mass is 284 g/mol. The zero-order valence-corrected chi connectivity index (χ0v) is 12.3. The van der Waals surface area contributed by atoms with Crippen molar-refractivity contribution in [3.63, 3.8) is 0 Å². The number of ether oxygens (including phenoxy) is 1. The number of hydrogen-bond donors (Lipinski definition) is 2. The summed E-state index contributed by atoms with van der Waals surface area (Å²) in [7, 11) is 0. The Bertz CT molecular complexity index is 621. The Labute approximate surface area is 124 Å². The number of benzene rings is 2. The maximum absolute atomic E-state index is 12.4. The lowest BCUT2D eigenvalue weighted by Crippen LogP contribution is -2.14. The Hall–Kier alpha value is -2.49. The van der Waals surface area contributed by atoms with E-state index in [0.717, 1.165) is 12.0 Å². The van der Waals surface area contributed by atoms with Crippen molar-refractivity contribution in [2.24, 2.45) is 0 Å². The average molecular weight is 284 g/mol. The number of carbonyl (C=O) groups is 1. The second kappa shape index (κ2) is 6.79. The fourth-order valence-electron chi connectivity index (χ4n) is 1.92. The molecule has 0 saturated carbocycles. The van der Waals surface area contributed by atoms with Crippen LogP contribution < -0.4 is 15.8 Å². The van der Waals surface area contributed by atoms with Crippen molar-refractivity contribution in [3.05, 3.63) is 53.6 Å². The van der Waals surface area contributed by atoms with Gasteiger partial charge in [0.05, 0.1) is 12.2 Å². The van der Waals surface area contributed by atoms with Gasteiger partial charge in [-0.1, -0.05) is 18.6 Å². The minimum absolute atomic E-state index is 0.186. The van der Waals surface area contributed by atoms with Crippen molar-refractivity contribution in [1.82, 2.24) is 0 Å². The second-order valence-electron chi connectivity index (χ2n) is 4.92. The van der Waals surface area contributed by atoms with E-state index in [-0.39, 0.29) is 5.91 Å². The van der Waals surface area contributed by atoms with Crippen LogP contribution in [0.4, 0.5) is 11.4 Å². The lowest BCUT2D eigenvalue weighted by atomic mass is 10.1. The van der Waals surface area contributed by atoms with Crippen LogP contribution in [-0.2, 0) is 0 Å². The summed E-state index contributed by atoms with van der Waals surface area (Å²) in [5, 5.41) is 2.85. The van der Waals surface area contributed by atoms with E-state index in [1.54, 1.807) is 24.3 Å². The minimum atomic E-state index is -0.186. The molecule has 110 valence electrons. The number of nitrogens with two attached hydrogens (primary N) is 1. The van der Waals surface area contributed by atoms with E-state index >= 15 is 0 Å². The van der Waals surface area contributed by atoms with Gasteiger partial charge in [-0.25, -0.2) is 0 Å². The summed E-state index contributed by atoms with van der Waals surface area (Å²) in [5.41, 5.74) is 8.56. The quantitative estimate of drug-likeness (QED) is 0.824. The normalized spacial score (nSPS) is 10.2. The Balaban J connectivity index is 2.20. The molecule has 0 aliphatic carbocycles. The predicted molar refractivity (Wildman–Crippen MR) is 85.8 cm³/mol. The standard InChI is InChI=1S/C17H20N2O2/c1-3-10-21-16-9-4-12(2)11-15(16)17(20)19-14-7-5-13(18)6-8-14/h4-9,11H,3,10,18H2,1-2H3,(H,19,20). The van der Waals surface area contributed by atoms with Gasteiger partial charge in [0.15, 0.2) is 0 Å². The summed E-state index contributed by atoms with van der Waals surface area (Å²) >= 11 is 0. The average Bonchev–Trinajstić information content (AvgIpc) is 2.48. The third-order valence-corrected chi connectivity index (χ3v) is 3.01. The molecule has 21 heavy (non-hydrogen) atoms. The van der Waals surface area contributed by atoms with Crippen molar-refractivity contribution in [1.29, 1.82) is 0 Å². The molecule has 0 spiro atoms. The summed E-state index contributed by atoms with van der Waals surface area (Å²) < 4.78 is 5.64. The van der Waals surface area contributed by atoms with E-state index in [1.165, 1.54) is 0 Å². The molecule has 0 heterocycles. The minimum Gasteiger partial charge on any atom is -0.493 e. The molecule has 4 nitrogen and oxygen atoms in total. The zero-order chi connectivity index (χ0) is 15.2. The number of rotatable bonds is 5. The number of amides is 1. The highest BCUT2D eigenvalue weighted by molar-refractivity contribution is 6.06. The summed E-state index contributed by atoms with van der Waals surface area (Å²) in [5.74, 6) is 0.421. The Morgan fingerprint density at radius 1 is 1.19 bits per heavy atom. The Morgan fingerprint density at radius 3 is 2.57 bits per heavy atom. The number of anilines is 2. The fraction of sp³-hybridized carbons (Fsp3) is 0.235. The molecule has 3 N–H and O–H groups in total. The lowest BCUT2D eigenvalue weighted by Gasteiger charge is -2.12. The van der Waals surface area contributed by atoms with Gasteiger partial charge in [-0.05, 0) is 49.7 Å². The number of hydrogen-bond acceptors (Lipinski definition) is 3. The van der Waals surface area contributed by atoms with Crippen LogP contribution in [-0.4, -0.2) is 12.5 Å². The van der Waals surface area contributed by atoms with Crippen LogP contribution in [0.5, 0.6) is 5.75 Å². The lowest BCUT2D eigenvalue weighted by molar-refractivity contribution is 0.102. The van der Waals surface area contributed by atoms with Crippen molar-refractivity contribution >= 4 is 17.3 Å². The maximum atomic E-state index is 12.4. The summed E-state index contributed by atoms with van der Waals surface area (Å²) in [4.78, 5) is 12.4. The second-order valence-corrected chi connectivity index (χ2v) is 4.92. The molecule has 4 heteroatoms. The SMILES string of the molecule is CCCOc1ccc(C)cc1C(=O)Nc1ccc(N)cc1. The van der Waals surface area contributed by atoms with Gasteiger partial charge in [0.1, 0.15) is 5.75 Å². The molecule has 0 radical (unpaired) electrons. The first kappa shape index (κ1) is 14.9. The Kier molecular flexibility index (Phi) is 4.82. The van der Waals surface area contributed by atoms with Crippen LogP contribution in [0.1, 0.15) is 29.3 Å². The van der Waals surface area contributed by atoms with Crippen LogP contribution in [0.2, 0.25) is 0 Å². The van der Waals surface area contributed by atoms with Crippen molar-refractivity contribution < 1.29 is 9.53 Å². The van der Waals surface area contributed by atoms with Crippen molar-refractivity contribution in [2.45, 2.75) is 20.3 Å². The molecule has 2 aromatic carbocycles. The molecule has 0 saturated heterocycles. The molecule has 1 amide bonds. The predicted octanol–water partition coefficient (Wildman–Crippen LogP) is 3.62. The van der Waals surface area contributed by atoms with Gasteiger partial charge in [0, 0.05) is 11.4 Å². The maximum Gasteiger partial charge on any atom is 0.259 e. The zero-order valence-electron chi connectivity index (χ0n) is 12.3. The third kappa shape index (κ3) is 3.99. The van der Waals surface area contributed by atoms with Gasteiger partial charge in [-0.2, -0.15) is 0 Å². The molecule has 0 unspecified atom stereocenters. The number of nitrogens with one attached hydrogen (secondary N) is 1. The van der Waals surface area contributed by atoms with Gasteiger partial charge < -0.3 is 15.8 Å². The van der Waals surface area contributed by atoms with E-state index in [2.05, 4.69) is 5.32 Å². The topological polar surface area (TPSA) is 64.3 Å². The van der Waals surface area contributed by atoms with Gasteiger partial charge in [-0.15, -0.1) is 0 Å². The molecule has 0 fully saturated rings. The van der Waals surface area contributed by atoms with Gasteiger partial charge in [0.2, 0.25) is 0 Å². The molecule has 0 aromatic heterocycles. The first-order valence-corrected chi connectivity index (χ1v) is 7.00. The van der Waals surface area contributed by atoms with Crippen LogP contribution in [0.25, 0.3) is 0 Å². The van der Waals surface area contributed by atoms with E-state index in [1.807, 2.05) is 32.0 Å². The molecule has 0 aliphatic rings. The summed E-state index contributed by atoms with van der Waals surface area (Å²) in [6.07, 6.45) is 0.896. The highest BCUT2D eigenvalue weighted by Crippen LogP contribution is 2.22. The van der Waals surface area contributed by atoms with Gasteiger partial charge >= 0.3 is 0 Å². The largest absolute Gasteiger partial charge is 0.493 e. The fourth-order valence-corrected chi connectivity index (χ4v) is 1.92. The van der Waals surface area contributed by atoms with Gasteiger partial charge in [0.25, 0.3) is 5.91 Å². The highest BCUT2D eigenvalue weighted by Gasteiger charge is 2.13. The molecule has 0 aliphatic heterocycles. The van der Waals surface area contributed by atoms with E-state index < -0.39 is 0 Å². The third-order valence-electron chi connectivity index (χ3n) is 3.01. The van der Waals surface area contributed by atoms with Crippen LogP contribution >= 0.6 is 0 Å². The summed E-state index contributed by atoms with van der Waals surface area (Å²) in [6, 6.07) is 12.7. The van der Waals surface area contributed by atoms with Gasteiger partial charge in [-0.3, -0.25) is 4.79 Å². The van der Waals surface area contributed by atoms with Crippen LogP contribution in [0.15, 0.2) is 42.5 Å². The molecule has 2 aromatic rings. The van der Waals surface area contributed by atoms with E-state index in [9.17, 15) is 4.79 Å². The Morgan fingerprint density at radius 2 is 1.90 bits per heavy atom. The first-order valence-electron chi connectivity index (χ1n) is 7.00. The van der Waals surface area contributed by atoms with Crippen LogP contribution in [0, 0.1) is 6.92 Å². The highest BCUT2D eigenvalue weighted by atomic mass is 16.5. The molecular formula is C17H20N2O2. The number of carbonyl (C=O) groups excluding carboxylic acids is 1. The molecular weight excluding hydrogens is 264 g/mol. The van der Waals surface area contributed by atoms with Crippen LogP contribution in [0.3, 0.4) is 0 Å². The van der Waals surface area contributed by atoms with E-state index in [4.69, 9.17) is 10.5 Å². The van der Waals surface area contributed by atoms with E-state index in [0.29, 0.717) is 29.3 Å². The number of nitrogen functional groups attached to an aromatic ring is 1.